The number of rotatable bonds is 2. The lowest BCUT2D eigenvalue weighted by Crippen LogP contribution is -2.51. The van der Waals surface area contributed by atoms with Crippen molar-refractivity contribution in [3.8, 4) is 0 Å². The van der Waals surface area contributed by atoms with Gasteiger partial charge in [-0.25, -0.2) is 0 Å². The van der Waals surface area contributed by atoms with Crippen molar-refractivity contribution in [2.24, 2.45) is 5.73 Å². The third-order valence-corrected chi connectivity index (χ3v) is 2.83. The third kappa shape index (κ3) is 1.64. The van der Waals surface area contributed by atoms with Gasteiger partial charge in [0.15, 0.2) is 0 Å². The molecule has 2 rings (SSSR count). The number of hydrogen-bond donors (Lipinski definition) is 1. The quantitative estimate of drug-likeness (QED) is 0.783. The summed E-state index contributed by atoms with van der Waals surface area (Å²) in [5.41, 5.74) is 6.85. The highest BCUT2D eigenvalue weighted by Gasteiger charge is 2.26. The Kier molecular flexibility index (Phi) is 2.42. The molecular formula is C10H13ClN2. The second-order valence-electron chi connectivity index (χ2n) is 3.35. The molecule has 70 valence electrons. The molecule has 0 bridgehead atoms. The van der Waals surface area contributed by atoms with Crippen LogP contribution in [-0.2, 0) is 0 Å². The molecule has 2 N–H and O–H groups in total. The van der Waals surface area contributed by atoms with Crippen molar-refractivity contribution in [3.63, 3.8) is 0 Å². The molecule has 0 aromatic heterocycles. The van der Waals surface area contributed by atoms with Crippen LogP contribution in [0, 0.1) is 0 Å². The molecule has 0 spiro atoms. The summed E-state index contributed by atoms with van der Waals surface area (Å²) in [6, 6.07) is 8.46. The van der Waals surface area contributed by atoms with E-state index in [4.69, 9.17) is 17.3 Å². The predicted molar refractivity (Wildman–Crippen MR) is 56.3 cm³/mol. The lowest BCUT2D eigenvalue weighted by Gasteiger charge is -2.42. The molecule has 1 atom stereocenters. The summed E-state index contributed by atoms with van der Waals surface area (Å²) in [6.07, 6.45) is 1.21. The van der Waals surface area contributed by atoms with Crippen LogP contribution < -0.4 is 10.6 Å². The molecule has 1 unspecified atom stereocenters. The van der Waals surface area contributed by atoms with E-state index in [0.29, 0.717) is 6.04 Å². The summed E-state index contributed by atoms with van der Waals surface area (Å²) < 4.78 is 0. The van der Waals surface area contributed by atoms with E-state index in [9.17, 15) is 0 Å². The normalized spacial score (nSPS) is 21.4. The first kappa shape index (κ1) is 8.85. The van der Waals surface area contributed by atoms with Gasteiger partial charge in [0.2, 0.25) is 0 Å². The molecule has 0 amide bonds. The zero-order valence-electron chi connectivity index (χ0n) is 7.41. The van der Waals surface area contributed by atoms with Crippen molar-refractivity contribution in [3.05, 3.63) is 29.3 Å². The van der Waals surface area contributed by atoms with E-state index in [2.05, 4.69) is 4.90 Å². The van der Waals surface area contributed by atoms with Crippen molar-refractivity contribution in [1.82, 2.24) is 0 Å². The molecule has 1 fully saturated rings. The van der Waals surface area contributed by atoms with Crippen LogP contribution >= 0.6 is 11.6 Å². The molecule has 1 saturated heterocycles. The molecule has 1 aromatic carbocycles. The molecule has 0 saturated carbocycles. The molecule has 1 aliphatic heterocycles. The van der Waals surface area contributed by atoms with E-state index < -0.39 is 0 Å². The third-order valence-electron chi connectivity index (χ3n) is 2.57. The Balaban J connectivity index is 2.12. The number of nitrogens with zero attached hydrogens (tertiary/aromatic N) is 1. The van der Waals surface area contributed by atoms with Gasteiger partial charge in [-0.1, -0.05) is 11.6 Å². The SMILES string of the molecule is NCC1CCN1c1ccc(Cl)cc1. The summed E-state index contributed by atoms with van der Waals surface area (Å²) in [6.45, 7) is 1.85. The Hall–Kier alpha value is -0.730. The molecule has 0 aliphatic carbocycles. The van der Waals surface area contributed by atoms with Gasteiger partial charge in [-0.15, -0.1) is 0 Å². The minimum Gasteiger partial charge on any atom is -0.367 e. The molecule has 1 heterocycles. The van der Waals surface area contributed by atoms with Crippen LogP contribution in [0.1, 0.15) is 6.42 Å². The van der Waals surface area contributed by atoms with Gasteiger partial charge in [-0.05, 0) is 30.7 Å². The van der Waals surface area contributed by atoms with Crippen molar-refractivity contribution in [2.45, 2.75) is 12.5 Å². The average molecular weight is 197 g/mol. The lowest BCUT2D eigenvalue weighted by atomic mass is 10.0. The summed E-state index contributed by atoms with van der Waals surface area (Å²) in [7, 11) is 0. The van der Waals surface area contributed by atoms with Crippen LogP contribution in [0.2, 0.25) is 5.02 Å². The highest BCUT2D eigenvalue weighted by molar-refractivity contribution is 6.30. The minimum absolute atomic E-state index is 0.529. The second-order valence-corrected chi connectivity index (χ2v) is 3.78. The number of halogens is 1. The van der Waals surface area contributed by atoms with Gasteiger partial charge in [0, 0.05) is 29.8 Å². The number of anilines is 1. The Bertz CT molecular complexity index is 281. The molecule has 0 radical (unpaired) electrons. The Labute approximate surface area is 83.3 Å². The molecule has 1 aromatic rings. The van der Waals surface area contributed by atoms with Crippen LogP contribution in [-0.4, -0.2) is 19.1 Å². The number of benzene rings is 1. The highest BCUT2D eigenvalue weighted by Crippen LogP contribution is 2.26. The number of nitrogens with two attached hydrogens (primary N) is 1. The first-order chi connectivity index (χ1) is 6.31. The van der Waals surface area contributed by atoms with Crippen LogP contribution in [0.4, 0.5) is 5.69 Å². The van der Waals surface area contributed by atoms with Crippen molar-refractivity contribution in [1.29, 1.82) is 0 Å². The maximum Gasteiger partial charge on any atom is 0.0429 e. The van der Waals surface area contributed by atoms with Gasteiger partial charge in [0.05, 0.1) is 0 Å². The van der Waals surface area contributed by atoms with Gasteiger partial charge in [0.25, 0.3) is 0 Å². The minimum atomic E-state index is 0.529. The van der Waals surface area contributed by atoms with Gasteiger partial charge < -0.3 is 10.6 Å². The van der Waals surface area contributed by atoms with Crippen LogP contribution in [0.3, 0.4) is 0 Å². The fourth-order valence-corrected chi connectivity index (χ4v) is 1.78. The van der Waals surface area contributed by atoms with Gasteiger partial charge in [-0.2, -0.15) is 0 Å². The van der Waals surface area contributed by atoms with E-state index in [1.165, 1.54) is 12.1 Å². The first-order valence-corrected chi connectivity index (χ1v) is 4.91. The monoisotopic (exact) mass is 196 g/mol. The molecule has 3 heteroatoms. The fraction of sp³-hybridized carbons (Fsp3) is 0.400. The summed E-state index contributed by atoms with van der Waals surface area (Å²) in [5.74, 6) is 0. The largest absolute Gasteiger partial charge is 0.367 e. The van der Waals surface area contributed by atoms with Crippen molar-refractivity contribution in [2.75, 3.05) is 18.0 Å². The fourth-order valence-electron chi connectivity index (χ4n) is 1.66. The Morgan fingerprint density at radius 3 is 2.54 bits per heavy atom. The van der Waals surface area contributed by atoms with E-state index in [0.717, 1.165) is 18.1 Å². The van der Waals surface area contributed by atoms with Crippen LogP contribution in [0.5, 0.6) is 0 Å². The second kappa shape index (κ2) is 3.56. The van der Waals surface area contributed by atoms with Crippen LogP contribution in [0.25, 0.3) is 0 Å². The Morgan fingerprint density at radius 1 is 1.38 bits per heavy atom. The van der Waals surface area contributed by atoms with Crippen LogP contribution in [0.15, 0.2) is 24.3 Å². The van der Waals surface area contributed by atoms with Crippen molar-refractivity contribution < 1.29 is 0 Å². The van der Waals surface area contributed by atoms with E-state index in [1.807, 2.05) is 24.3 Å². The summed E-state index contributed by atoms with van der Waals surface area (Å²) in [4.78, 5) is 2.32. The maximum atomic E-state index is 5.80. The maximum absolute atomic E-state index is 5.80. The highest BCUT2D eigenvalue weighted by atomic mass is 35.5. The van der Waals surface area contributed by atoms with Gasteiger partial charge in [0.1, 0.15) is 0 Å². The van der Waals surface area contributed by atoms with Gasteiger partial charge >= 0.3 is 0 Å². The predicted octanol–water partition coefficient (Wildman–Crippen LogP) is 1.88. The number of hydrogen-bond acceptors (Lipinski definition) is 2. The van der Waals surface area contributed by atoms with Gasteiger partial charge in [-0.3, -0.25) is 0 Å². The van der Waals surface area contributed by atoms with Crippen molar-refractivity contribution >= 4 is 17.3 Å². The standard InChI is InChI=1S/C10H13ClN2/c11-8-1-3-9(4-2-8)13-6-5-10(13)7-12/h1-4,10H,5-7,12H2. The molecular weight excluding hydrogens is 184 g/mol. The smallest absolute Gasteiger partial charge is 0.0429 e. The zero-order chi connectivity index (χ0) is 9.26. The zero-order valence-corrected chi connectivity index (χ0v) is 8.17. The van der Waals surface area contributed by atoms with E-state index in [1.54, 1.807) is 0 Å². The van der Waals surface area contributed by atoms with E-state index >= 15 is 0 Å². The molecule has 1 aliphatic rings. The summed E-state index contributed by atoms with van der Waals surface area (Å²) >= 11 is 5.80. The lowest BCUT2D eigenvalue weighted by molar-refractivity contribution is 0.456. The topological polar surface area (TPSA) is 29.3 Å². The Morgan fingerprint density at radius 2 is 2.08 bits per heavy atom. The summed E-state index contributed by atoms with van der Waals surface area (Å²) in [5, 5.41) is 0.786. The van der Waals surface area contributed by atoms with E-state index in [-0.39, 0.29) is 0 Å². The molecule has 13 heavy (non-hydrogen) atoms. The first-order valence-electron chi connectivity index (χ1n) is 4.53. The molecule has 2 nitrogen and oxygen atoms in total. The average Bonchev–Trinajstić information content (AvgIpc) is 2.08.